The number of nitrogens with two attached hydrogens (primary N) is 1. The third-order valence-corrected chi connectivity index (χ3v) is 1.87. The normalized spacial score (nSPS) is 10.3. The Kier molecular flexibility index (Phi) is 3.73. The highest BCUT2D eigenvalue weighted by Crippen LogP contribution is 2.19. The molecular weight excluding hydrogens is 166 g/mol. The maximum absolute atomic E-state index is 9.54. The van der Waals surface area contributed by atoms with Gasteiger partial charge in [0.1, 0.15) is 5.75 Å². The Morgan fingerprint density at radius 3 is 2.77 bits per heavy atom. The van der Waals surface area contributed by atoms with Crippen molar-refractivity contribution in [3.05, 3.63) is 29.3 Å². The lowest BCUT2D eigenvalue weighted by molar-refractivity contribution is 0.184. The van der Waals surface area contributed by atoms with Crippen LogP contribution >= 0.6 is 0 Å². The Labute approximate surface area is 78.1 Å². The maximum Gasteiger partial charge on any atom is 0.119 e. The Balaban J connectivity index is 2.79. The monoisotopic (exact) mass is 181 g/mol. The van der Waals surface area contributed by atoms with Crippen molar-refractivity contribution in [3.63, 3.8) is 0 Å². The molecular formula is C10H15NO2. The third-order valence-electron chi connectivity index (χ3n) is 1.87. The van der Waals surface area contributed by atoms with E-state index in [-0.39, 0.29) is 0 Å². The van der Waals surface area contributed by atoms with Gasteiger partial charge in [0.2, 0.25) is 0 Å². The van der Waals surface area contributed by atoms with E-state index < -0.39 is 0 Å². The van der Waals surface area contributed by atoms with E-state index in [0.717, 1.165) is 11.1 Å². The molecule has 0 unspecified atom stereocenters. The molecule has 0 spiro atoms. The number of aromatic hydroxyl groups is 1. The predicted octanol–water partition coefficient (Wildman–Crippen LogP) is 1.04. The van der Waals surface area contributed by atoms with E-state index >= 15 is 0 Å². The maximum atomic E-state index is 9.54. The molecule has 0 aliphatic carbocycles. The van der Waals surface area contributed by atoms with Gasteiger partial charge in [0, 0.05) is 7.11 Å². The zero-order valence-corrected chi connectivity index (χ0v) is 7.79. The van der Waals surface area contributed by atoms with Crippen LogP contribution in [0.1, 0.15) is 11.1 Å². The highest BCUT2D eigenvalue weighted by Gasteiger charge is 2.01. The van der Waals surface area contributed by atoms with Crippen molar-refractivity contribution < 1.29 is 9.84 Å². The van der Waals surface area contributed by atoms with Gasteiger partial charge in [0.05, 0.1) is 6.61 Å². The molecule has 0 saturated heterocycles. The number of phenols is 1. The van der Waals surface area contributed by atoms with Crippen molar-refractivity contribution in [1.82, 2.24) is 0 Å². The molecule has 0 amide bonds. The molecule has 0 fully saturated rings. The fraction of sp³-hybridized carbons (Fsp3) is 0.400. The van der Waals surface area contributed by atoms with Gasteiger partial charge in [-0.05, 0) is 30.2 Å². The van der Waals surface area contributed by atoms with Gasteiger partial charge < -0.3 is 15.6 Å². The number of benzene rings is 1. The summed E-state index contributed by atoms with van der Waals surface area (Å²) in [6.45, 7) is 1.08. The second kappa shape index (κ2) is 4.84. The van der Waals surface area contributed by atoms with Crippen LogP contribution in [0.15, 0.2) is 18.2 Å². The quantitative estimate of drug-likeness (QED) is 0.729. The molecule has 3 heteroatoms. The average Bonchev–Trinajstić information content (AvgIpc) is 2.10. The number of hydrogen-bond donors (Lipinski definition) is 2. The molecule has 1 aromatic rings. The van der Waals surface area contributed by atoms with Gasteiger partial charge in [-0.1, -0.05) is 12.1 Å². The number of rotatable bonds is 4. The number of methoxy groups -OCH3 is 1. The number of hydrogen-bond acceptors (Lipinski definition) is 3. The summed E-state index contributed by atoms with van der Waals surface area (Å²) in [4.78, 5) is 0. The fourth-order valence-electron chi connectivity index (χ4n) is 1.23. The summed E-state index contributed by atoms with van der Waals surface area (Å²) in [5, 5.41) is 9.54. The second-order valence-electron chi connectivity index (χ2n) is 2.93. The van der Waals surface area contributed by atoms with Crippen LogP contribution in [0.25, 0.3) is 0 Å². The first-order valence-corrected chi connectivity index (χ1v) is 4.27. The Morgan fingerprint density at radius 1 is 1.46 bits per heavy atom. The molecule has 0 saturated carbocycles. The van der Waals surface area contributed by atoms with Crippen LogP contribution in [0.5, 0.6) is 5.75 Å². The first-order valence-electron chi connectivity index (χ1n) is 4.27. The summed E-state index contributed by atoms with van der Waals surface area (Å²) in [5.41, 5.74) is 7.25. The molecule has 72 valence electrons. The van der Waals surface area contributed by atoms with Gasteiger partial charge in [-0.15, -0.1) is 0 Å². The van der Waals surface area contributed by atoms with Crippen LogP contribution in [0, 0.1) is 0 Å². The van der Waals surface area contributed by atoms with Gasteiger partial charge in [0.15, 0.2) is 0 Å². The topological polar surface area (TPSA) is 55.5 Å². The molecule has 0 aliphatic rings. The molecule has 3 N–H and O–H groups in total. The molecule has 0 heterocycles. The van der Waals surface area contributed by atoms with Gasteiger partial charge in [-0.25, -0.2) is 0 Å². The van der Waals surface area contributed by atoms with Crippen molar-refractivity contribution in [1.29, 1.82) is 0 Å². The molecule has 1 aromatic carbocycles. The molecule has 0 bridgehead atoms. The molecule has 13 heavy (non-hydrogen) atoms. The van der Waals surface area contributed by atoms with Crippen LogP contribution in [0.3, 0.4) is 0 Å². The Morgan fingerprint density at radius 2 is 2.23 bits per heavy atom. The van der Waals surface area contributed by atoms with E-state index in [1.165, 1.54) is 0 Å². The van der Waals surface area contributed by atoms with Crippen LogP contribution in [0.2, 0.25) is 0 Å². The summed E-state index contributed by atoms with van der Waals surface area (Å²) in [6, 6.07) is 5.54. The molecule has 0 radical (unpaired) electrons. The highest BCUT2D eigenvalue weighted by molar-refractivity contribution is 5.36. The van der Waals surface area contributed by atoms with Crippen LogP contribution in [-0.4, -0.2) is 18.8 Å². The molecule has 0 aliphatic heterocycles. The van der Waals surface area contributed by atoms with E-state index in [1.807, 2.05) is 12.1 Å². The molecule has 3 nitrogen and oxygen atoms in total. The lowest BCUT2D eigenvalue weighted by Crippen LogP contribution is -2.03. The highest BCUT2D eigenvalue weighted by atomic mass is 16.5. The van der Waals surface area contributed by atoms with Crippen LogP contribution in [0.4, 0.5) is 0 Å². The van der Waals surface area contributed by atoms with Gasteiger partial charge >= 0.3 is 0 Å². The predicted molar refractivity (Wildman–Crippen MR) is 51.6 cm³/mol. The summed E-state index contributed by atoms with van der Waals surface area (Å²) >= 11 is 0. The average molecular weight is 181 g/mol. The lowest BCUT2D eigenvalue weighted by Gasteiger charge is -2.05. The Bertz CT molecular complexity index is 274. The number of phenolic OH excluding ortho intramolecular Hbond substituents is 1. The van der Waals surface area contributed by atoms with Crippen molar-refractivity contribution in [2.45, 2.75) is 13.0 Å². The molecule has 0 atom stereocenters. The fourth-order valence-corrected chi connectivity index (χ4v) is 1.23. The minimum absolute atomic E-state index is 0.306. The first kappa shape index (κ1) is 10.0. The zero-order valence-electron chi connectivity index (χ0n) is 7.79. The second-order valence-corrected chi connectivity index (χ2v) is 2.93. The van der Waals surface area contributed by atoms with Crippen molar-refractivity contribution in [2.75, 3.05) is 13.7 Å². The largest absolute Gasteiger partial charge is 0.508 e. The van der Waals surface area contributed by atoms with E-state index in [0.29, 0.717) is 25.3 Å². The number of ether oxygens (including phenoxy) is 1. The van der Waals surface area contributed by atoms with Crippen LogP contribution in [-0.2, 0) is 17.8 Å². The van der Waals surface area contributed by atoms with Crippen molar-refractivity contribution >= 4 is 0 Å². The molecule has 1 rings (SSSR count). The van der Waals surface area contributed by atoms with Crippen LogP contribution < -0.4 is 5.73 Å². The van der Waals surface area contributed by atoms with Gasteiger partial charge in [-0.2, -0.15) is 0 Å². The van der Waals surface area contributed by atoms with Crippen molar-refractivity contribution in [3.8, 4) is 5.75 Å². The Hall–Kier alpha value is -1.06. The third kappa shape index (κ3) is 2.72. The molecule has 0 aromatic heterocycles. The van der Waals surface area contributed by atoms with E-state index in [2.05, 4.69) is 0 Å². The first-order chi connectivity index (χ1) is 6.27. The standard InChI is InChI=1S/C10H15NO2/c1-13-7-8-2-3-9(4-5-11)10(12)6-8/h2-3,6,12H,4-5,7,11H2,1H3. The van der Waals surface area contributed by atoms with Crippen molar-refractivity contribution in [2.24, 2.45) is 5.73 Å². The zero-order chi connectivity index (χ0) is 9.68. The van der Waals surface area contributed by atoms with E-state index in [9.17, 15) is 5.11 Å². The smallest absolute Gasteiger partial charge is 0.119 e. The van der Waals surface area contributed by atoms with E-state index in [4.69, 9.17) is 10.5 Å². The van der Waals surface area contributed by atoms with E-state index in [1.54, 1.807) is 13.2 Å². The summed E-state index contributed by atoms with van der Waals surface area (Å²) in [7, 11) is 1.63. The SMILES string of the molecule is COCc1ccc(CCN)c(O)c1. The minimum atomic E-state index is 0.306. The summed E-state index contributed by atoms with van der Waals surface area (Å²) in [6.07, 6.45) is 0.707. The minimum Gasteiger partial charge on any atom is -0.508 e. The lowest BCUT2D eigenvalue weighted by atomic mass is 10.1. The summed E-state index contributed by atoms with van der Waals surface area (Å²) in [5.74, 6) is 0.306. The van der Waals surface area contributed by atoms with Gasteiger partial charge in [-0.3, -0.25) is 0 Å². The van der Waals surface area contributed by atoms with Gasteiger partial charge in [0.25, 0.3) is 0 Å². The summed E-state index contributed by atoms with van der Waals surface area (Å²) < 4.78 is 4.95.